The van der Waals surface area contributed by atoms with Crippen molar-refractivity contribution in [1.82, 2.24) is 9.97 Å². The predicted molar refractivity (Wildman–Crippen MR) is 58.4 cm³/mol. The standard InChI is InChI=1S/C10H10N2O2.ClH/c13-8-3-1-2-7(10(8)14)6-9-11-4-5-12-9;/h1-5,13-14H,6H2,(H,11,12);1H. The lowest BCUT2D eigenvalue weighted by Crippen LogP contribution is -1.90. The van der Waals surface area contributed by atoms with Gasteiger partial charge in [0, 0.05) is 24.4 Å². The van der Waals surface area contributed by atoms with Crippen LogP contribution in [-0.2, 0) is 6.42 Å². The lowest BCUT2D eigenvalue weighted by Gasteiger charge is -2.03. The van der Waals surface area contributed by atoms with Crippen LogP contribution in [0.15, 0.2) is 30.6 Å². The summed E-state index contributed by atoms with van der Waals surface area (Å²) >= 11 is 0. The van der Waals surface area contributed by atoms with E-state index in [0.717, 1.165) is 5.82 Å². The Morgan fingerprint density at radius 1 is 1.27 bits per heavy atom. The summed E-state index contributed by atoms with van der Waals surface area (Å²) in [5, 5.41) is 18.8. The summed E-state index contributed by atoms with van der Waals surface area (Å²) in [6, 6.07) is 4.88. The fourth-order valence-corrected chi connectivity index (χ4v) is 1.30. The zero-order valence-electron chi connectivity index (χ0n) is 7.84. The molecule has 0 radical (unpaired) electrons. The number of nitrogens with one attached hydrogen (secondary N) is 1. The summed E-state index contributed by atoms with van der Waals surface area (Å²) in [5.74, 6) is 0.573. The predicted octanol–water partition coefficient (Wildman–Crippen LogP) is 1.83. The molecule has 5 heteroatoms. The molecule has 3 N–H and O–H groups in total. The third-order valence-electron chi connectivity index (χ3n) is 2.01. The van der Waals surface area contributed by atoms with Gasteiger partial charge in [-0.05, 0) is 6.07 Å². The highest BCUT2D eigenvalue weighted by Gasteiger charge is 2.06. The van der Waals surface area contributed by atoms with Crippen molar-refractivity contribution in [3.63, 3.8) is 0 Å². The van der Waals surface area contributed by atoms with Gasteiger partial charge in [-0.1, -0.05) is 12.1 Å². The van der Waals surface area contributed by atoms with Crippen molar-refractivity contribution in [2.75, 3.05) is 0 Å². The number of phenolic OH excluding ortho intramolecular Hbond substituents is 2. The van der Waals surface area contributed by atoms with Crippen LogP contribution in [0.25, 0.3) is 0 Å². The van der Waals surface area contributed by atoms with E-state index in [1.807, 2.05) is 0 Å². The molecule has 2 aromatic rings. The van der Waals surface area contributed by atoms with Crippen molar-refractivity contribution in [2.45, 2.75) is 6.42 Å². The van der Waals surface area contributed by atoms with Crippen LogP contribution in [0.2, 0.25) is 0 Å². The molecule has 0 saturated carbocycles. The van der Waals surface area contributed by atoms with Crippen LogP contribution >= 0.6 is 12.4 Å². The van der Waals surface area contributed by atoms with Crippen LogP contribution in [0.5, 0.6) is 11.5 Å². The molecule has 15 heavy (non-hydrogen) atoms. The molecule has 0 fully saturated rings. The van der Waals surface area contributed by atoms with Gasteiger partial charge in [0.25, 0.3) is 0 Å². The molecule has 0 amide bonds. The summed E-state index contributed by atoms with van der Waals surface area (Å²) in [7, 11) is 0. The molecule has 0 aliphatic rings. The maximum absolute atomic E-state index is 9.50. The number of benzene rings is 1. The highest BCUT2D eigenvalue weighted by Crippen LogP contribution is 2.29. The number of halogens is 1. The average Bonchev–Trinajstić information content (AvgIpc) is 2.66. The smallest absolute Gasteiger partial charge is 0.161 e. The van der Waals surface area contributed by atoms with Gasteiger partial charge in [-0.3, -0.25) is 0 Å². The summed E-state index contributed by atoms with van der Waals surface area (Å²) in [4.78, 5) is 6.96. The Morgan fingerprint density at radius 2 is 2.07 bits per heavy atom. The average molecular weight is 227 g/mol. The van der Waals surface area contributed by atoms with E-state index < -0.39 is 0 Å². The van der Waals surface area contributed by atoms with Gasteiger partial charge in [0.1, 0.15) is 5.82 Å². The van der Waals surface area contributed by atoms with E-state index >= 15 is 0 Å². The van der Waals surface area contributed by atoms with E-state index in [9.17, 15) is 10.2 Å². The van der Waals surface area contributed by atoms with Crippen LogP contribution in [0, 0.1) is 0 Å². The summed E-state index contributed by atoms with van der Waals surface area (Å²) < 4.78 is 0. The zero-order valence-corrected chi connectivity index (χ0v) is 8.66. The molecule has 1 aromatic heterocycles. The first-order valence-electron chi connectivity index (χ1n) is 4.25. The van der Waals surface area contributed by atoms with Crippen molar-refractivity contribution in [3.8, 4) is 11.5 Å². The Kier molecular flexibility index (Phi) is 3.57. The second-order valence-electron chi connectivity index (χ2n) is 3.00. The van der Waals surface area contributed by atoms with Gasteiger partial charge in [0.2, 0.25) is 0 Å². The van der Waals surface area contributed by atoms with Crippen molar-refractivity contribution in [3.05, 3.63) is 42.0 Å². The van der Waals surface area contributed by atoms with Gasteiger partial charge in [0.05, 0.1) is 0 Å². The number of H-pyrrole nitrogens is 1. The molecule has 0 unspecified atom stereocenters. The Hall–Kier alpha value is -1.68. The zero-order chi connectivity index (χ0) is 9.97. The molecule has 1 aromatic carbocycles. The van der Waals surface area contributed by atoms with E-state index in [2.05, 4.69) is 9.97 Å². The van der Waals surface area contributed by atoms with Crippen molar-refractivity contribution in [2.24, 2.45) is 0 Å². The number of nitrogens with zero attached hydrogens (tertiary/aromatic N) is 1. The van der Waals surface area contributed by atoms with E-state index in [1.54, 1.807) is 24.5 Å². The normalized spacial score (nSPS) is 9.60. The van der Waals surface area contributed by atoms with Gasteiger partial charge in [-0.25, -0.2) is 4.98 Å². The molecule has 0 atom stereocenters. The van der Waals surface area contributed by atoms with E-state index in [4.69, 9.17) is 0 Å². The highest BCUT2D eigenvalue weighted by atomic mass is 35.5. The van der Waals surface area contributed by atoms with Crippen LogP contribution in [-0.4, -0.2) is 20.2 Å². The number of para-hydroxylation sites is 1. The maximum atomic E-state index is 9.50. The molecule has 0 spiro atoms. The van der Waals surface area contributed by atoms with Crippen LogP contribution in [0.4, 0.5) is 0 Å². The van der Waals surface area contributed by atoms with Gasteiger partial charge in [-0.15, -0.1) is 12.4 Å². The third kappa shape index (κ3) is 2.41. The number of rotatable bonds is 2. The van der Waals surface area contributed by atoms with E-state index in [-0.39, 0.29) is 23.9 Å². The first-order valence-corrected chi connectivity index (χ1v) is 4.25. The van der Waals surface area contributed by atoms with Gasteiger partial charge in [0.15, 0.2) is 11.5 Å². The van der Waals surface area contributed by atoms with E-state index in [1.165, 1.54) is 6.07 Å². The molecular weight excluding hydrogens is 216 g/mol. The first-order chi connectivity index (χ1) is 6.77. The van der Waals surface area contributed by atoms with E-state index in [0.29, 0.717) is 12.0 Å². The summed E-state index contributed by atoms with van der Waals surface area (Å²) in [6.45, 7) is 0. The lowest BCUT2D eigenvalue weighted by atomic mass is 10.1. The van der Waals surface area contributed by atoms with Gasteiger partial charge in [-0.2, -0.15) is 0 Å². The molecule has 80 valence electrons. The van der Waals surface area contributed by atoms with Crippen LogP contribution in [0.1, 0.15) is 11.4 Å². The summed E-state index contributed by atoms with van der Waals surface area (Å²) in [6.07, 6.45) is 3.84. The Labute approximate surface area is 93.0 Å². The first kappa shape index (κ1) is 11.4. The number of aromatic amines is 1. The number of hydrogen-bond acceptors (Lipinski definition) is 3. The lowest BCUT2D eigenvalue weighted by molar-refractivity contribution is 0.400. The minimum Gasteiger partial charge on any atom is -0.504 e. The van der Waals surface area contributed by atoms with Gasteiger partial charge < -0.3 is 15.2 Å². The quantitative estimate of drug-likeness (QED) is 0.685. The van der Waals surface area contributed by atoms with Crippen LogP contribution in [0.3, 0.4) is 0 Å². The Balaban J connectivity index is 0.00000112. The SMILES string of the molecule is Cl.Oc1cccc(Cc2ncc[nH]2)c1O. The molecule has 2 rings (SSSR count). The highest BCUT2D eigenvalue weighted by molar-refractivity contribution is 5.85. The minimum absolute atomic E-state index is 0. The van der Waals surface area contributed by atoms with Crippen molar-refractivity contribution >= 4 is 12.4 Å². The number of aromatic hydroxyl groups is 2. The maximum Gasteiger partial charge on any atom is 0.161 e. The minimum atomic E-state index is -0.103. The third-order valence-corrected chi connectivity index (χ3v) is 2.01. The molecule has 0 aliphatic heterocycles. The number of aromatic nitrogens is 2. The van der Waals surface area contributed by atoms with Crippen molar-refractivity contribution in [1.29, 1.82) is 0 Å². The largest absolute Gasteiger partial charge is 0.504 e. The molecule has 4 nitrogen and oxygen atoms in total. The second-order valence-corrected chi connectivity index (χ2v) is 3.00. The monoisotopic (exact) mass is 226 g/mol. The number of phenols is 2. The van der Waals surface area contributed by atoms with Gasteiger partial charge >= 0.3 is 0 Å². The Bertz CT molecular complexity index is 429. The molecule has 1 heterocycles. The molecule has 0 bridgehead atoms. The number of imidazole rings is 1. The second kappa shape index (κ2) is 4.70. The fourth-order valence-electron chi connectivity index (χ4n) is 1.30. The van der Waals surface area contributed by atoms with Crippen LogP contribution < -0.4 is 0 Å². The topological polar surface area (TPSA) is 69.1 Å². The molecular formula is C10H11ClN2O2. The fraction of sp³-hybridized carbons (Fsp3) is 0.100. The molecule has 0 aliphatic carbocycles. The Morgan fingerprint density at radius 3 is 2.73 bits per heavy atom. The van der Waals surface area contributed by atoms with Crippen molar-refractivity contribution < 1.29 is 10.2 Å². The summed E-state index contributed by atoms with van der Waals surface area (Å²) in [5.41, 5.74) is 0.653. The number of hydrogen-bond donors (Lipinski definition) is 3. The molecule has 0 saturated heterocycles.